The zero-order valence-electron chi connectivity index (χ0n) is 23.8. The first-order chi connectivity index (χ1) is 19.3. The van der Waals surface area contributed by atoms with Crippen molar-refractivity contribution in [2.75, 3.05) is 59.6 Å². The van der Waals surface area contributed by atoms with Crippen molar-refractivity contribution in [2.24, 2.45) is 0 Å². The number of rotatable bonds is 11. The molecule has 2 aromatic rings. The lowest BCUT2D eigenvalue weighted by molar-refractivity contribution is -0.132. The summed E-state index contributed by atoms with van der Waals surface area (Å²) >= 11 is 0. The first kappa shape index (κ1) is 29.7. The Kier molecular flexibility index (Phi) is 10.7. The Labute approximate surface area is 237 Å². The molecule has 0 bridgehead atoms. The van der Waals surface area contributed by atoms with E-state index in [1.54, 1.807) is 12.0 Å². The average molecular weight is 554 g/mol. The first-order valence-corrected chi connectivity index (χ1v) is 14.3. The van der Waals surface area contributed by atoms with Crippen molar-refractivity contribution >= 4 is 11.8 Å². The molecule has 40 heavy (non-hydrogen) atoms. The number of methoxy groups -OCH3 is 1. The van der Waals surface area contributed by atoms with Crippen LogP contribution in [0.2, 0.25) is 0 Å². The summed E-state index contributed by atoms with van der Waals surface area (Å²) in [6, 6.07) is 15.3. The van der Waals surface area contributed by atoms with Crippen molar-refractivity contribution in [2.45, 2.75) is 51.2 Å². The molecule has 2 heterocycles. The van der Waals surface area contributed by atoms with E-state index in [0.717, 1.165) is 37.8 Å². The lowest BCUT2D eigenvalue weighted by Gasteiger charge is -2.32. The number of benzene rings is 2. The number of likely N-dealkylation sites (tertiary alicyclic amines) is 1. The van der Waals surface area contributed by atoms with Crippen molar-refractivity contribution in [3.05, 3.63) is 54.1 Å². The molecule has 9 heteroatoms. The molecule has 0 saturated carbocycles. The van der Waals surface area contributed by atoms with Gasteiger partial charge in [-0.15, -0.1) is 0 Å². The summed E-state index contributed by atoms with van der Waals surface area (Å²) in [4.78, 5) is 30.3. The van der Waals surface area contributed by atoms with Crippen LogP contribution in [0.3, 0.4) is 0 Å². The third kappa shape index (κ3) is 8.60. The van der Waals surface area contributed by atoms with Crippen molar-refractivity contribution in [1.82, 2.24) is 14.7 Å². The van der Waals surface area contributed by atoms with Gasteiger partial charge in [-0.1, -0.05) is 30.7 Å². The first-order valence-electron chi connectivity index (χ1n) is 14.3. The van der Waals surface area contributed by atoms with Crippen LogP contribution in [0, 0.1) is 0 Å². The molecule has 1 atom stereocenters. The molecule has 0 aliphatic carbocycles. The number of β-amino-alcohol motifs (C(OH)–C–C–N with tert-alkyl or cyclic N) is 1. The van der Waals surface area contributed by atoms with Gasteiger partial charge in [-0.2, -0.15) is 0 Å². The van der Waals surface area contributed by atoms with Gasteiger partial charge in [0.25, 0.3) is 0 Å². The number of nitrogens with zero attached hydrogens (tertiary/aromatic N) is 3. The van der Waals surface area contributed by atoms with Gasteiger partial charge in [-0.05, 0) is 49.1 Å². The smallest absolute Gasteiger partial charge is 0.222 e. The SMILES string of the molecule is COc1ccc(CN2CCN(C(C)=O)C[C@](O)(COc3ccccc3)C2)cc1OCCCN1CCCCCC1=O. The molecule has 0 spiro atoms. The van der Waals surface area contributed by atoms with E-state index in [1.165, 1.54) is 6.92 Å². The summed E-state index contributed by atoms with van der Waals surface area (Å²) in [7, 11) is 1.62. The largest absolute Gasteiger partial charge is 0.493 e. The van der Waals surface area contributed by atoms with E-state index in [-0.39, 0.29) is 25.0 Å². The number of carbonyl (C=O) groups is 2. The second kappa shape index (κ2) is 14.4. The Balaban J connectivity index is 1.38. The zero-order chi connectivity index (χ0) is 28.4. The fourth-order valence-electron chi connectivity index (χ4n) is 5.37. The van der Waals surface area contributed by atoms with Gasteiger partial charge in [0.1, 0.15) is 18.0 Å². The minimum absolute atomic E-state index is 0.0676. The van der Waals surface area contributed by atoms with Gasteiger partial charge in [0.15, 0.2) is 11.5 Å². The van der Waals surface area contributed by atoms with Crippen LogP contribution in [0.25, 0.3) is 0 Å². The summed E-state index contributed by atoms with van der Waals surface area (Å²) in [6.45, 7) is 5.91. The Morgan fingerprint density at radius 3 is 2.58 bits per heavy atom. The fraction of sp³-hybridized carbons (Fsp3) is 0.548. The molecule has 0 unspecified atom stereocenters. The average Bonchev–Trinajstić information content (AvgIpc) is 3.26. The van der Waals surface area contributed by atoms with E-state index in [1.807, 2.05) is 53.4 Å². The van der Waals surface area contributed by atoms with Crippen molar-refractivity contribution in [1.29, 1.82) is 0 Å². The molecule has 0 aromatic heterocycles. The van der Waals surface area contributed by atoms with Crippen LogP contribution in [0.15, 0.2) is 48.5 Å². The number of hydrogen-bond acceptors (Lipinski definition) is 7. The summed E-state index contributed by atoms with van der Waals surface area (Å²) < 4.78 is 17.6. The number of ether oxygens (including phenoxy) is 3. The normalized spacial score (nSPS) is 20.5. The molecule has 2 saturated heterocycles. The number of para-hydroxylation sites is 1. The number of hydrogen-bond donors (Lipinski definition) is 1. The summed E-state index contributed by atoms with van der Waals surface area (Å²) in [5, 5.41) is 11.6. The second-order valence-electron chi connectivity index (χ2n) is 10.9. The van der Waals surface area contributed by atoms with Gasteiger partial charge in [0, 0.05) is 52.6 Å². The molecular formula is C31H43N3O6. The predicted octanol–water partition coefficient (Wildman–Crippen LogP) is 3.34. The molecule has 2 amide bonds. The highest BCUT2D eigenvalue weighted by molar-refractivity contribution is 5.76. The van der Waals surface area contributed by atoms with E-state index in [0.29, 0.717) is 63.0 Å². The molecule has 2 aliphatic heterocycles. The lowest BCUT2D eigenvalue weighted by Crippen LogP contribution is -2.51. The van der Waals surface area contributed by atoms with Crippen LogP contribution in [0.1, 0.15) is 44.6 Å². The van der Waals surface area contributed by atoms with E-state index in [9.17, 15) is 14.7 Å². The van der Waals surface area contributed by atoms with Crippen LogP contribution >= 0.6 is 0 Å². The molecule has 4 rings (SSSR count). The van der Waals surface area contributed by atoms with Gasteiger partial charge < -0.3 is 29.1 Å². The predicted molar refractivity (Wildman–Crippen MR) is 153 cm³/mol. The maximum Gasteiger partial charge on any atom is 0.222 e. The number of carbonyl (C=O) groups excluding carboxylic acids is 2. The third-order valence-electron chi connectivity index (χ3n) is 7.52. The van der Waals surface area contributed by atoms with Crippen LogP contribution < -0.4 is 14.2 Å². The van der Waals surface area contributed by atoms with Crippen LogP contribution in [-0.2, 0) is 16.1 Å². The molecule has 1 N–H and O–H groups in total. The van der Waals surface area contributed by atoms with Gasteiger partial charge in [0.2, 0.25) is 11.8 Å². The Morgan fingerprint density at radius 2 is 1.80 bits per heavy atom. The monoisotopic (exact) mass is 553 g/mol. The van der Waals surface area contributed by atoms with Crippen LogP contribution in [0.4, 0.5) is 0 Å². The Hall–Kier alpha value is -3.30. The molecule has 0 radical (unpaired) electrons. The molecule has 2 fully saturated rings. The quantitative estimate of drug-likeness (QED) is 0.427. The highest BCUT2D eigenvalue weighted by Gasteiger charge is 2.37. The van der Waals surface area contributed by atoms with E-state index >= 15 is 0 Å². The zero-order valence-corrected chi connectivity index (χ0v) is 23.8. The van der Waals surface area contributed by atoms with Crippen LogP contribution in [-0.4, -0.2) is 96.8 Å². The summed E-state index contributed by atoms with van der Waals surface area (Å²) in [5.41, 5.74) is -0.213. The Bertz CT molecular complexity index is 1110. The topological polar surface area (TPSA) is 91.8 Å². The minimum Gasteiger partial charge on any atom is -0.493 e. The van der Waals surface area contributed by atoms with Gasteiger partial charge >= 0.3 is 0 Å². The standard InChI is InChI=1S/C31H43N3O6/c1-25(35)34-18-17-32(22-31(37,23-34)24-40-27-10-5-3-6-11-27)21-26-13-14-28(38-2)29(20-26)39-19-9-16-33-15-8-4-7-12-30(33)36/h3,5-6,10-11,13-14,20,37H,4,7-9,12,15-19,21-24H2,1-2H3/t31-/m0/s1. The highest BCUT2D eigenvalue weighted by atomic mass is 16.5. The van der Waals surface area contributed by atoms with Gasteiger partial charge in [-0.3, -0.25) is 14.5 Å². The molecule has 218 valence electrons. The molecule has 9 nitrogen and oxygen atoms in total. The summed E-state index contributed by atoms with van der Waals surface area (Å²) in [6.07, 6.45) is 4.56. The van der Waals surface area contributed by atoms with Gasteiger partial charge in [0.05, 0.1) is 20.3 Å². The summed E-state index contributed by atoms with van der Waals surface area (Å²) in [5.74, 6) is 2.17. The van der Waals surface area contributed by atoms with Crippen molar-refractivity contribution in [3.63, 3.8) is 0 Å². The Morgan fingerprint density at radius 1 is 0.975 bits per heavy atom. The molecular weight excluding hydrogens is 510 g/mol. The second-order valence-corrected chi connectivity index (χ2v) is 10.9. The van der Waals surface area contributed by atoms with Crippen molar-refractivity contribution in [3.8, 4) is 17.2 Å². The van der Waals surface area contributed by atoms with E-state index in [2.05, 4.69) is 4.90 Å². The van der Waals surface area contributed by atoms with Gasteiger partial charge in [-0.25, -0.2) is 0 Å². The number of amides is 2. The van der Waals surface area contributed by atoms with Crippen LogP contribution in [0.5, 0.6) is 17.2 Å². The highest BCUT2D eigenvalue weighted by Crippen LogP contribution is 2.29. The third-order valence-corrected chi connectivity index (χ3v) is 7.52. The maximum atomic E-state index is 12.3. The molecule has 2 aliphatic rings. The number of aliphatic hydroxyl groups is 1. The fourth-order valence-corrected chi connectivity index (χ4v) is 5.37. The lowest BCUT2D eigenvalue weighted by atomic mass is 10.0. The minimum atomic E-state index is -1.23. The van der Waals surface area contributed by atoms with E-state index in [4.69, 9.17) is 14.2 Å². The van der Waals surface area contributed by atoms with Crippen molar-refractivity contribution < 1.29 is 28.9 Å². The van der Waals surface area contributed by atoms with E-state index < -0.39 is 5.60 Å². The maximum absolute atomic E-state index is 12.3. The molecule has 2 aromatic carbocycles.